The Morgan fingerprint density at radius 2 is 1.97 bits per heavy atom. The summed E-state index contributed by atoms with van der Waals surface area (Å²) in [7, 11) is 0. The second kappa shape index (κ2) is 10.3. The number of carbonyl (C=O) groups excluding carboxylic acids is 1. The van der Waals surface area contributed by atoms with Gasteiger partial charge >= 0.3 is 6.03 Å². The van der Waals surface area contributed by atoms with E-state index in [1.54, 1.807) is 29.3 Å². The van der Waals surface area contributed by atoms with Gasteiger partial charge in [0.15, 0.2) is 0 Å². The number of carbonyl (C=O) groups is 1. The number of benzene rings is 2. The molecular formula is C24H25ClN6O2. The molecule has 9 heteroatoms. The summed E-state index contributed by atoms with van der Waals surface area (Å²) in [5.41, 5.74) is 2.38. The fourth-order valence-corrected chi connectivity index (χ4v) is 3.74. The Morgan fingerprint density at radius 1 is 1.18 bits per heavy atom. The SMILES string of the molecule is CCCN(Cc1nc2cc(Cl)ccc2c(=O)[nH]1)C(=O)NCc1ccc(Cn2cccn2)cc1. The van der Waals surface area contributed by atoms with E-state index in [2.05, 4.69) is 20.4 Å². The molecule has 2 aromatic heterocycles. The zero-order chi connectivity index (χ0) is 23.2. The third-order valence-electron chi connectivity index (χ3n) is 5.21. The minimum Gasteiger partial charge on any atom is -0.334 e. The highest BCUT2D eigenvalue weighted by atomic mass is 35.5. The average molecular weight is 465 g/mol. The monoisotopic (exact) mass is 464 g/mol. The fourth-order valence-electron chi connectivity index (χ4n) is 3.57. The number of amides is 2. The first-order chi connectivity index (χ1) is 16.0. The number of nitrogens with one attached hydrogen (secondary N) is 2. The minimum atomic E-state index is -0.251. The van der Waals surface area contributed by atoms with Crippen LogP contribution in [0, 0.1) is 0 Å². The first-order valence-corrected chi connectivity index (χ1v) is 11.2. The molecule has 170 valence electrons. The molecule has 4 rings (SSSR count). The van der Waals surface area contributed by atoms with Crippen LogP contribution in [0.3, 0.4) is 0 Å². The molecule has 2 N–H and O–H groups in total. The Balaban J connectivity index is 1.40. The third kappa shape index (κ3) is 5.78. The predicted molar refractivity (Wildman–Crippen MR) is 128 cm³/mol. The number of urea groups is 1. The van der Waals surface area contributed by atoms with E-state index in [-0.39, 0.29) is 18.1 Å². The summed E-state index contributed by atoms with van der Waals surface area (Å²) in [4.78, 5) is 34.2. The lowest BCUT2D eigenvalue weighted by molar-refractivity contribution is 0.193. The molecule has 0 bridgehead atoms. The van der Waals surface area contributed by atoms with E-state index in [0.29, 0.717) is 41.4 Å². The number of hydrogen-bond donors (Lipinski definition) is 2. The lowest BCUT2D eigenvalue weighted by Gasteiger charge is -2.22. The lowest BCUT2D eigenvalue weighted by Crippen LogP contribution is -2.40. The number of aromatic amines is 1. The first kappa shape index (κ1) is 22.5. The van der Waals surface area contributed by atoms with Crippen molar-refractivity contribution in [3.05, 3.63) is 93.3 Å². The van der Waals surface area contributed by atoms with Crippen LogP contribution in [0.15, 0.2) is 65.7 Å². The predicted octanol–water partition coefficient (Wildman–Crippen LogP) is 3.94. The number of halogens is 1. The van der Waals surface area contributed by atoms with Crippen LogP contribution in [0.5, 0.6) is 0 Å². The fraction of sp³-hybridized carbons (Fsp3) is 0.250. The third-order valence-corrected chi connectivity index (χ3v) is 5.44. The van der Waals surface area contributed by atoms with Crippen LogP contribution in [0.1, 0.15) is 30.3 Å². The van der Waals surface area contributed by atoms with Gasteiger partial charge in [-0.3, -0.25) is 9.48 Å². The van der Waals surface area contributed by atoms with Crippen LogP contribution in [-0.2, 0) is 19.6 Å². The summed E-state index contributed by atoms with van der Waals surface area (Å²) in [6.45, 7) is 3.82. The van der Waals surface area contributed by atoms with E-state index in [0.717, 1.165) is 17.5 Å². The van der Waals surface area contributed by atoms with Gasteiger partial charge in [0.05, 0.1) is 24.0 Å². The van der Waals surface area contributed by atoms with Crippen molar-refractivity contribution in [1.82, 2.24) is 30.0 Å². The van der Waals surface area contributed by atoms with E-state index in [9.17, 15) is 9.59 Å². The van der Waals surface area contributed by atoms with Crippen molar-refractivity contribution in [2.45, 2.75) is 33.0 Å². The molecule has 2 amide bonds. The van der Waals surface area contributed by atoms with Gasteiger partial charge in [0, 0.05) is 30.5 Å². The van der Waals surface area contributed by atoms with Gasteiger partial charge in [-0.15, -0.1) is 0 Å². The van der Waals surface area contributed by atoms with Gasteiger partial charge in [-0.2, -0.15) is 5.10 Å². The van der Waals surface area contributed by atoms with Crippen molar-refractivity contribution in [2.75, 3.05) is 6.54 Å². The van der Waals surface area contributed by atoms with Crippen LogP contribution in [0.2, 0.25) is 5.02 Å². The van der Waals surface area contributed by atoms with Gasteiger partial charge in [-0.1, -0.05) is 42.8 Å². The maximum atomic E-state index is 12.9. The Kier molecular flexibility index (Phi) is 7.04. The van der Waals surface area contributed by atoms with Crippen molar-refractivity contribution in [3.8, 4) is 0 Å². The molecule has 8 nitrogen and oxygen atoms in total. The molecule has 0 saturated carbocycles. The molecule has 0 spiro atoms. The molecule has 2 aromatic carbocycles. The van der Waals surface area contributed by atoms with Crippen molar-refractivity contribution in [2.24, 2.45) is 0 Å². The zero-order valence-electron chi connectivity index (χ0n) is 18.3. The molecule has 0 unspecified atom stereocenters. The second-order valence-electron chi connectivity index (χ2n) is 7.77. The van der Waals surface area contributed by atoms with Gasteiger partial charge in [0.1, 0.15) is 5.82 Å². The Morgan fingerprint density at radius 3 is 2.70 bits per heavy atom. The molecule has 0 aliphatic heterocycles. The first-order valence-electron chi connectivity index (χ1n) is 10.8. The maximum Gasteiger partial charge on any atom is 0.318 e. The summed E-state index contributed by atoms with van der Waals surface area (Å²) >= 11 is 6.04. The molecular weight excluding hydrogens is 440 g/mol. The van der Waals surface area contributed by atoms with Gasteiger partial charge < -0.3 is 15.2 Å². The molecule has 0 radical (unpaired) electrons. The highest BCUT2D eigenvalue weighted by Gasteiger charge is 2.15. The molecule has 4 aromatic rings. The second-order valence-corrected chi connectivity index (χ2v) is 8.21. The van der Waals surface area contributed by atoms with E-state index in [4.69, 9.17) is 11.6 Å². The van der Waals surface area contributed by atoms with Gasteiger partial charge in [0.2, 0.25) is 0 Å². The van der Waals surface area contributed by atoms with E-state index >= 15 is 0 Å². The molecule has 2 heterocycles. The average Bonchev–Trinajstić information content (AvgIpc) is 3.31. The lowest BCUT2D eigenvalue weighted by atomic mass is 10.1. The summed E-state index contributed by atoms with van der Waals surface area (Å²) in [6, 6.07) is 14.7. The van der Waals surface area contributed by atoms with Gasteiger partial charge in [-0.05, 0) is 41.8 Å². The minimum absolute atomic E-state index is 0.195. The van der Waals surface area contributed by atoms with Crippen molar-refractivity contribution < 1.29 is 4.79 Å². The largest absolute Gasteiger partial charge is 0.334 e. The molecule has 0 fully saturated rings. The van der Waals surface area contributed by atoms with E-state index in [1.165, 1.54) is 0 Å². The number of fused-ring (bicyclic) bond motifs is 1. The molecule has 0 aliphatic carbocycles. The topological polar surface area (TPSA) is 95.9 Å². The van der Waals surface area contributed by atoms with E-state index < -0.39 is 0 Å². The highest BCUT2D eigenvalue weighted by molar-refractivity contribution is 6.31. The summed E-state index contributed by atoms with van der Waals surface area (Å²) in [6.07, 6.45) is 4.45. The zero-order valence-corrected chi connectivity index (χ0v) is 19.0. The number of H-pyrrole nitrogens is 1. The number of aromatic nitrogens is 4. The Hall–Kier alpha value is -3.65. The van der Waals surface area contributed by atoms with Gasteiger partial charge in [-0.25, -0.2) is 9.78 Å². The molecule has 0 aliphatic rings. The maximum absolute atomic E-state index is 12.9. The van der Waals surface area contributed by atoms with Crippen LogP contribution < -0.4 is 10.9 Å². The highest BCUT2D eigenvalue weighted by Crippen LogP contribution is 2.15. The standard InChI is InChI=1S/C24H25ClN6O2/c1-2-11-30(16-22-28-21-13-19(25)8-9-20(21)23(32)29-22)24(33)26-14-17-4-6-18(7-5-17)15-31-12-3-10-27-31/h3-10,12-13H,2,11,14-16H2,1H3,(H,26,33)(H,28,29,32). The number of hydrogen-bond acceptors (Lipinski definition) is 4. The summed E-state index contributed by atoms with van der Waals surface area (Å²) < 4.78 is 1.86. The Bertz CT molecular complexity index is 1280. The van der Waals surface area contributed by atoms with Crippen LogP contribution in [-0.4, -0.2) is 37.2 Å². The van der Waals surface area contributed by atoms with Crippen molar-refractivity contribution >= 4 is 28.5 Å². The quantitative estimate of drug-likeness (QED) is 0.412. The number of nitrogens with zero attached hydrogens (tertiary/aromatic N) is 4. The van der Waals surface area contributed by atoms with Crippen LogP contribution >= 0.6 is 11.6 Å². The van der Waals surface area contributed by atoms with Gasteiger partial charge in [0.25, 0.3) is 5.56 Å². The van der Waals surface area contributed by atoms with Crippen LogP contribution in [0.25, 0.3) is 10.9 Å². The van der Waals surface area contributed by atoms with Crippen molar-refractivity contribution in [1.29, 1.82) is 0 Å². The van der Waals surface area contributed by atoms with Crippen LogP contribution in [0.4, 0.5) is 4.79 Å². The summed E-state index contributed by atoms with van der Waals surface area (Å²) in [5, 5.41) is 8.14. The molecule has 0 atom stereocenters. The van der Waals surface area contributed by atoms with E-state index in [1.807, 2.05) is 48.1 Å². The van der Waals surface area contributed by atoms with Crippen molar-refractivity contribution in [3.63, 3.8) is 0 Å². The molecule has 33 heavy (non-hydrogen) atoms. The molecule has 0 saturated heterocycles. The Labute approximate surface area is 196 Å². The normalized spacial score (nSPS) is 11.0. The number of rotatable bonds is 8. The summed E-state index contributed by atoms with van der Waals surface area (Å²) in [5.74, 6) is 0.418. The smallest absolute Gasteiger partial charge is 0.318 e.